The first-order valence-electron chi connectivity index (χ1n) is 7.90. The largest absolute Gasteiger partial charge is 0.481 e. The van der Waals surface area contributed by atoms with Crippen molar-refractivity contribution in [1.82, 2.24) is 0 Å². The van der Waals surface area contributed by atoms with Gasteiger partial charge in [-0.25, -0.2) is 0 Å². The Hall–Kier alpha value is -1.31. The minimum atomic E-state index is -0.745. The molecule has 0 radical (unpaired) electrons. The van der Waals surface area contributed by atoms with Gasteiger partial charge in [-0.3, -0.25) is 4.79 Å². The summed E-state index contributed by atoms with van der Waals surface area (Å²) in [6.45, 7) is 4.07. The second-order valence-corrected chi connectivity index (χ2v) is 5.87. The topological polar surface area (TPSA) is 37.3 Å². The molecular formula is C18H28O2. The van der Waals surface area contributed by atoms with E-state index in [0.717, 1.165) is 24.8 Å². The second kappa shape index (κ2) is 8.78. The molecule has 0 heterocycles. The fraction of sp³-hybridized carbons (Fsp3) is 0.611. The maximum Gasteiger partial charge on any atom is 0.313 e. The van der Waals surface area contributed by atoms with Gasteiger partial charge in [0.05, 0.1) is 5.41 Å². The Morgan fingerprint density at radius 2 is 1.55 bits per heavy atom. The molecule has 1 rings (SSSR count). The van der Waals surface area contributed by atoms with Crippen LogP contribution in [0.4, 0.5) is 0 Å². The summed E-state index contributed by atoms with van der Waals surface area (Å²) in [5, 5.41) is 9.56. The number of hydrogen-bond donors (Lipinski definition) is 1. The Morgan fingerprint density at radius 3 is 2.10 bits per heavy atom. The lowest BCUT2D eigenvalue weighted by Crippen LogP contribution is -2.32. The summed E-state index contributed by atoms with van der Waals surface area (Å²) >= 11 is 0. The van der Waals surface area contributed by atoms with Crippen LogP contribution in [0.2, 0.25) is 0 Å². The quantitative estimate of drug-likeness (QED) is 0.599. The van der Waals surface area contributed by atoms with Crippen LogP contribution >= 0.6 is 0 Å². The van der Waals surface area contributed by atoms with Crippen molar-refractivity contribution >= 4 is 5.97 Å². The van der Waals surface area contributed by atoms with Crippen molar-refractivity contribution in [2.24, 2.45) is 0 Å². The van der Waals surface area contributed by atoms with E-state index in [1.165, 1.54) is 32.1 Å². The van der Waals surface area contributed by atoms with E-state index in [4.69, 9.17) is 0 Å². The van der Waals surface area contributed by atoms with Gasteiger partial charge in [-0.15, -0.1) is 0 Å². The van der Waals surface area contributed by atoms with Crippen molar-refractivity contribution in [1.29, 1.82) is 0 Å². The van der Waals surface area contributed by atoms with E-state index in [2.05, 4.69) is 6.92 Å². The lowest BCUT2D eigenvalue weighted by Gasteiger charge is -2.25. The fourth-order valence-electron chi connectivity index (χ4n) is 2.62. The van der Waals surface area contributed by atoms with Gasteiger partial charge in [-0.1, -0.05) is 82.2 Å². The predicted molar refractivity (Wildman–Crippen MR) is 84.0 cm³/mol. The lowest BCUT2D eigenvalue weighted by molar-refractivity contribution is -0.143. The van der Waals surface area contributed by atoms with Crippen LogP contribution < -0.4 is 0 Å². The molecule has 0 saturated heterocycles. The minimum absolute atomic E-state index is 0.713. The SMILES string of the molecule is CCCCCCCCCC(C)(C(=O)O)c1ccccc1. The van der Waals surface area contributed by atoms with Crippen LogP contribution in [0.3, 0.4) is 0 Å². The zero-order valence-corrected chi connectivity index (χ0v) is 12.9. The Morgan fingerprint density at radius 1 is 1.00 bits per heavy atom. The molecule has 0 aromatic heterocycles. The molecule has 0 aliphatic rings. The van der Waals surface area contributed by atoms with Crippen molar-refractivity contribution in [2.45, 2.75) is 70.6 Å². The van der Waals surface area contributed by atoms with E-state index < -0.39 is 11.4 Å². The standard InChI is InChI=1S/C18H28O2/c1-3-4-5-6-7-8-12-15-18(2,17(19)20)16-13-10-9-11-14-16/h9-11,13-14H,3-8,12,15H2,1-2H3,(H,19,20). The smallest absolute Gasteiger partial charge is 0.313 e. The molecule has 1 aromatic rings. The number of hydrogen-bond acceptors (Lipinski definition) is 1. The van der Waals surface area contributed by atoms with Crippen LogP contribution in [0.5, 0.6) is 0 Å². The second-order valence-electron chi connectivity index (χ2n) is 5.87. The van der Waals surface area contributed by atoms with Crippen LogP contribution in [0.15, 0.2) is 30.3 Å². The fourth-order valence-corrected chi connectivity index (χ4v) is 2.62. The number of carboxylic acid groups (broad SMARTS) is 1. The Kier molecular flexibility index (Phi) is 7.35. The maximum absolute atomic E-state index is 11.6. The third-order valence-corrected chi connectivity index (χ3v) is 4.16. The van der Waals surface area contributed by atoms with Gasteiger partial charge in [0.2, 0.25) is 0 Å². The molecule has 1 N–H and O–H groups in total. The van der Waals surface area contributed by atoms with Crippen molar-refractivity contribution in [3.8, 4) is 0 Å². The third kappa shape index (κ3) is 4.99. The minimum Gasteiger partial charge on any atom is -0.481 e. The molecule has 2 nitrogen and oxygen atoms in total. The first-order chi connectivity index (χ1) is 9.61. The summed E-state index contributed by atoms with van der Waals surface area (Å²) in [4.78, 5) is 11.6. The molecule has 0 spiro atoms. The summed E-state index contributed by atoms with van der Waals surface area (Å²) in [5.41, 5.74) is 0.170. The summed E-state index contributed by atoms with van der Waals surface area (Å²) in [6, 6.07) is 9.62. The normalized spacial score (nSPS) is 13.9. The molecule has 0 bridgehead atoms. The predicted octanol–water partition coefficient (Wildman–Crippen LogP) is 5.17. The molecule has 0 aliphatic heterocycles. The first-order valence-corrected chi connectivity index (χ1v) is 7.90. The van der Waals surface area contributed by atoms with Crippen LogP contribution in [-0.2, 0) is 10.2 Å². The molecule has 0 amide bonds. The number of carbonyl (C=O) groups is 1. The van der Waals surface area contributed by atoms with Gasteiger partial charge in [0.25, 0.3) is 0 Å². The zero-order chi connectivity index (χ0) is 14.8. The Balaban J connectivity index is 2.43. The van der Waals surface area contributed by atoms with E-state index in [1.807, 2.05) is 37.3 Å². The summed E-state index contributed by atoms with van der Waals surface area (Å²) < 4.78 is 0. The monoisotopic (exact) mass is 276 g/mol. The average molecular weight is 276 g/mol. The molecule has 1 unspecified atom stereocenters. The third-order valence-electron chi connectivity index (χ3n) is 4.16. The number of carboxylic acids is 1. The van der Waals surface area contributed by atoms with E-state index in [0.29, 0.717) is 0 Å². The van der Waals surface area contributed by atoms with E-state index in [9.17, 15) is 9.90 Å². The summed E-state index contributed by atoms with van der Waals surface area (Å²) in [6.07, 6.45) is 9.25. The average Bonchev–Trinajstić information content (AvgIpc) is 2.46. The maximum atomic E-state index is 11.6. The Bertz CT molecular complexity index is 386. The van der Waals surface area contributed by atoms with Gasteiger partial charge < -0.3 is 5.11 Å². The van der Waals surface area contributed by atoms with Crippen molar-refractivity contribution in [2.75, 3.05) is 0 Å². The molecule has 0 saturated carbocycles. The van der Waals surface area contributed by atoms with Crippen molar-refractivity contribution in [3.05, 3.63) is 35.9 Å². The molecule has 0 fully saturated rings. The van der Waals surface area contributed by atoms with E-state index in [1.54, 1.807) is 0 Å². The molecule has 1 aromatic carbocycles. The van der Waals surface area contributed by atoms with E-state index in [-0.39, 0.29) is 0 Å². The van der Waals surface area contributed by atoms with Gasteiger partial charge in [0.1, 0.15) is 0 Å². The van der Waals surface area contributed by atoms with Gasteiger partial charge >= 0.3 is 5.97 Å². The highest BCUT2D eigenvalue weighted by Crippen LogP contribution is 2.30. The number of unbranched alkanes of at least 4 members (excludes halogenated alkanes) is 6. The Labute approximate surface area is 123 Å². The van der Waals surface area contributed by atoms with Crippen LogP contribution in [0, 0.1) is 0 Å². The highest BCUT2D eigenvalue weighted by Gasteiger charge is 2.34. The molecule has 20 heavy (non-hydrogen) atoms. The number of benzene rings is 1. The highest BCUT2D eigenvalue weighted by molar-refractivity contribution is 5.80. The number of rotatable bonds is 10. The summed E-state index contributed by atoms with van der Waals surface area (Å²) in [5.74, 6) is -0.713. The van der Waals surface area contributed by atoms with Gasteiger partial charge in [0.15, 0.2) is 0 Å². The van der Waals surface area contributed by atoms with Gasteiger partial charge in [0, 0.05) is 0 Å². The van der Waals surface area contributed by atoms with Crippen LogP contribution in [0.1, 0.15) is 70.8 Å². The van der Waals surface area contributed by atoms with Gasteiger partial charge in [-0.05, 0) is 18.9 Å². The van der Waals surface area contributed by atoms with E-state index >= 15 is 0 Å². The van der Waals surface area contributed by atoms with Crippen molar-refractivity contribution < 1.29 is 9.90 Å². The van der Waals surface area contributed by atoms with Crippen LogP contribution in [-0.4, -0.2) is 11.1 Å². The molecule has 0 aliphatic carbocycles. The van der Waals surface area contributed by atoms with Gasteiger partial charge in [-0.2, -0.15) is 0 Å². The van der Waals surface area contributed by atoms with Crippen LogP contribution in [0.25, 0.3) is 0 Å². The molecule has 1 atom stereocenters. The number of aliphatic carboxylic acids is 1. The lowest BCUT2D eigenvalue weighted by atomic mass is 9.78. The molecule has 2 heteroatoms. The zero-order valence-electron chi connectivity index (χ0n) is 12.9. The van der Waals surface area contributed by atoms with Crippen molar-refractivity contribution in [3.63, 3.8) is 0 Å². The highest BCUT2D eigenvalue weighted by atomic mass is 16.4. The first kappa shape index (κ1) is 16.7. The molecular weight excluding hydrogens is 248 g/mol. The summed E-state index contributed by atoms with van der Waals surface area (Å²) in [7, 11) is 0. The molecule has 112 valence electrons.